The van der Waals surface area contributed by atoms with Crippen LogP contribution >= 0.6 is 27.3 Å². The van der Waals surface area contributed by atoms with Crippen molar-refractivity contribution in [2.75, 3.05) is 7.11 Å². The maximum absolute atomic E-state index is 12.2. The van der Waals surface area contributed by atoms with Crippen molar-refractivity contribution in [2.24, 2.45) is 5.73 Å². The minimum absolute atomic E-state index is 0.0280. The number of carbonyl (C=O) groups is 1. The first-order chi connectivity index (χ1) is 10.4. The fraction of sp³-hybridized carbons (Fsp3) is 0.333. The van der Waals surface area contributed by atoms with Gasteiger partial charge in [0.05, 0.1) is 18.6 Å². The zero-order chi connectivity index (χ0) is 16.4. The molecule has 22 heavy (non-hydrogen) atoms. The normalized spacial score (nSPS) is 18.0. The maximum atomic E-state index is 12.2. The summed E-state index contributed by atoms with van der Waals surface area (Å²) in [5.41, 5.74) is 6.36. The number of allylic oxidation sites excluding steroid dienone is 2. The predicted octanol–water partition coefficient (Wildman–Crippen LogP) is 3.33. The van der Waals surface area contributed by atoms with E-state index in [1.807, 2.05) is 13.0 Å². The molecular formula is C15H15BrN2O3S. The Labute approximate surface area is 141 Å². The van der Waals surface area contributed by atoms with Crippen molar-refractivity contribution in [3.8, 4) is 6.07 Å². The van der Waals surface area contributed by atoms with Gasteiger partial charge in [-0.25, -0.2) is 4.79 Å². The fourth-order valence-corrected chi connectivity index (χ4v) is 4.39. The summed E-state index contributed by atoms with van der Waals surface area (Å²) in [7, 11) is 1.30. The number of ether oxygens (including phenoxy) is 2. The van der Waals surface area contributed by atoms with Gasteiger partial charge in [0, 0.05) is 14.2 Å². The van der Waals surface area contributed by atoms with E-state index < -0.39 is 11.9 Å². The number of hydrogen-bond acceptors (Lipinski definition) is 6. The molecule has 116 valence electrons. The molecule has 0 radical (unpaired) electrons. The molecule has 0 saturated carbocycles. The summed E-state index contributed by atoms with van der Waals surface area (Å²) in [6.07, 6.45) is 0.853. The minimum Gasteiger partial charge on any atom is -0.466 e. The predicted molar refractivity (Wildman–Crippen MR) is 86.8 cm³/mol. The van der Waals surface area contributed by atoms with E-state index in [0.29, 0.717) is 11.3 Å². The van der Waals surface area contributed by atoms with Gasteiger partial charge in [0.2, 0.25) is 5.88 Å². The molecule has 1 aliphatic heterocycles. The average molecular weight is 383 g/mol. The number of nitrogens with zero attached hydrogens (tertiary/aromatic N) is 1. The van der Waals surface area contributed by atoms with Crippen LogP contribution in [0.3, 0.4) is 0 Å². The fourth-order valence-electron chi connectivity index (χ4n) is 2.35. The standard InChI is InChI=1S/C15H15BrN2O3S/c1-4-10-9(16)5-11(22-10)13-8(6-17)14(18)21-7(2)12(13)15(19)20-3/h5,13H,4,18H2,1-3H3/t13-/m0/s1. The number of esters is 1. The highest BCUT2D eigenvalue weighted by atomic mass is 79.9. The van der Waals surface area contributed by atoms with Crippen LogP contribution in [0.25, 0.3) is 0 Å². The van der Waals surface area contributed by atoms with Crippen molar-refractivity contribution in [1.82, 2.24) is 0 Å². The van der Waals surface area contributed by atoms with Crippen molar-refractivity contribution in [3.05, 3.63) is 43.1 Å². The Bertz CT molecular complexity index is 728. The first-order valence-electron chi connectivity index (χ1n) is 6.59. The number of thiophene rings is 1. The second-order valence-electron chi connectivity index (χ2n) is 4.66. The third-order valence-electron chi connectivity index (χ3n) is 3.39. The quantitative estimate of drug-likeness (QED) is 0.810. The molecule has 0 amide bonds. The van der Waals surface area contributed by atoms with Crippen LogP contribution in [-0.4, -0.2) is 13.1 Å². The van der Waals surface area contributed by atoms with Gasteiger partial charge in [0.15, 0.2) is 0 Å². The molecule has 5 nitrogen and oxygen atoms in total. The van der Waals surface area contributed by atoms with E-state index in [4.69, 9.17) is 15.2 Å². The van der Waals surface area contributed by atoms with Gasteiger partial charge in [0.25, 0.3) is 0 Å². The summed E-state index contributed by atoms with van der Waals surface area (Å²) in [6.45, 7) is 3.69. The topological polar surface area (TPSA) is 85.3 Å². The molecule has 0 spiro atoms. The third-order valence-corrected chi connectivity index (χ3v) is 5.71. The highest BCUT2D eigenvalue weighted by Gasteiger charge is 2.37. The minimum atomic E-state index is -0.562. The Kier molecular flexibility index (Phi) is 4.94. The first kappa shape index (κ1) is 16.6. The Morgan fingerprint density at radius 1 is 1.64 bits per heavy atom. The molecule has 0 bridgehead atoms. The molecular weight excluding hydrogens is 368 g/mol. The first-order valence-corrected chi connectivity index (χ1v) is 8.20. The van der Waals surface area contributed by atoms with E-state index in [2.05, 4.69) is 22.0 Å². The van der Waals surface area contributed by atoms with E-state index in [-0.39, 0.29) is 11.5 Å². The molecule has 0 aromatic carbocycles. The average Bonchev–Trinajstić information content (AvgIpc) is 2.86. The number of aryl methyl sites for hydroxylation is 1. The van der Waals surface area contributed by atoms with Gasteiger partial charge in [-0.05, 0) is 35.3 Å². The number of hydrogen-bond donors (Lipinski definition) is 1. The van der Waals surface area contributed by atoms with E-state index in [0.717, 1.165) is 20.6 Å². The molecule has 1 aliphatic rings. The summed E-state index contributed by atoms with van der Waals surface area (Å²) in [4.78, 5) is 14.1. The smallest absolute Gasteiger partial charge is 0.338 e. The monoisotopic (exact) mass is 382 g/mol. The number of carbonyl (C=O) groups excluding carboxylic acids is 1. The summed E-state index contributed by atoms with van der Waals surface area (Å²) in [5.74, 6) is -0.700. The zero-order valence-corrected chi connectivity index (χ0v) is 14.8. The number of rotatable bonds is 3. The van der Waals surface area contributed by atoms with Crippen molar-refractivity contribution >= 4 is 33.2 Å². The van der Waals surface area contributed by atoms with Crippen LogP contribution in [0.15, 0.2) is 33.3 Å². The van der Waals surface area contributed by atoms with E-state index in [1.54, 1.807) is 6.92 Å². The van der Waals surface area contributed by atoms with Gasteiger partial charge in [-0.3, -0.25) is 0 Å². The molecule has 0 aliphatic carbocycles. The molecule has 1 aromatic rings. The van der Waals surface area contributed by atoms with Crippen molar-refractivity contribution < 1.29 is 14.3 Å². The van der Waals surface area contributed by atoms with Crippen LogP contribution in [0.2, 0.25) is 0 Å². The summed E-state index contributed by atoms with van der Waals surface area (Å²) >= 11 is 5.04. The molecule has 0 unspecified atom stereocenters. The molecule has 1 atom stereocenters. The highest BCUT2D eigenvalue weighted by molar-refractivity contribution is 9.10. The lowest BCUT2D eigenvalue weighted by molar-refractivity contribution is -0.136. The van der Waals surface area contributed by atoms with Gasteiger partial charge in [0.1, 0.15) is 17.4 Å². The lowest BCUT2D eigenvalue weighted by Gasteiger charge is -2.25. The number of halogens is 1. The van der Waals surface area contributed by atoms with Gasteiger partial charge >= 0.3 is 5.97 Å². The van der Waals surface area contributed by atoms with E-state index in [9.17, 15) is 10.1 Å². The highest BCUT2D eigenvalue weighted by Crippen LogP contribution is 2.44. The van der Waals surface area contributed by atoms with Gasteiger partial charge < -0.3 is 15.2 Å². The summed E-state index contributed by atoms with van der Waals surface area (Å²) in [6, 6.07) is 3.97. The molecule has 2 N–H and O–H groups in total. The van der Waals surface area contributed by atoms with E-state index >= 15 is 0 Å². The number of methoxy groups -OCH3 is 1. The Morgan fingerprint density at radius 3 is 2.82 bits per heavy atom. The summed E-state index contributed by atoms with van der Waals surface area (Å²) < 4.78 is 11.2. The Hall–Kier alpha value is -1.78. The van der Waals surface area contributed by atoms with Crippen molar-refractivity contribution in [2.45, 2.75) is 26.2 Å². The van der Waals surface area contributed by atoms with Crippen LogP contribution in [0, 0.1) is 11.3 Å². The van der Waals surface area contributed by atoms with Crippen LogP contribution in [0.1, 0.15) is 29.5 Å². The van der Waals surface area contributed by atoms with Gasteiger partial charge in [-0.2, -0.15) is 5.26 Å². The lowest BCUT2D eigenvalue weighted by Crippen LogP contribution is -2.24. The molecule has 1 aromatic heterocycles. The number of nitrogens with two attached hydrogens (primary N) is 1. The summed E-state index contributed by atoms with van der Waals surface area (Å²) in [5, 5.41) is 9.44. The number of nitriles is 1. The van der Waals surface area contributed by atoms with Gasteiger partial charge in [-0.15, -0.1) is 11.3 Å². The van der Waals surface area contributed by atoms with Crippen LogP contribution in [0.4, 0.5) is 0 Å². The van der Waals surface area contributed by atoms with Gasteiger partial charge in [-0.1, -0.05) is 6.92 Å². The van der Waals surface area contributed by atoms with Crippen LogP contribution in [0.5, 0.6) is 0 Å². The second kappa shape index (κ2) is 6.55. The molecule has 2 heterocycles. The molecule has 0 saturated heterocycles. The molecule has 2 rings (SSSR count). The third kappa shape index (κ3) is 2.76. The lowest BCUT2D eigenvalue weighted by atomic mass is 9.87. The maximum Gasteiger partial charge on any atom is 0.338 e. The largest absolute Gasteiger partial charge is 0.466 e. The molecule has 0 fully saturated rings. The zero-order valence-electron chi connectivity index (χ0n) is 12.4. The van der Waals surface area contributed by atoms with Crippen molar-refractivity contribution in [1.29, 1.82) is 5.26 Å². The Morgan fingerprint density at radius 2 is 2.32 bits per heavy atom. The molecule has 7 heteroatoms. The van der Waals surface area contributed by atoms with Crippen molar-refractivity contribution in [3.63, 3.8) is 0 Å². The SMILES string of the molecule is CCc1sc([C@@H]2C(C#N)=C(N)OC(C)=C2C(=O)OC)cc1Br. The van der Waals surface area contributed by atoms with Crippen LogP contribution < -0.4 is 5.73 Å². The Balaban J connectivity index is 2.65. The van der Waals surface area contributed by atoms with Crippen LogP contribution in [-0.2, 0) is 20.7 Å². The second-order valence-corrected chi connectivity index (χ2v) is 6.68. The van der Waals surface area contributed by atoms with E-state index in [1.165, 1.54) is 18.4 Å².